The molecule has 2 aromatic carbocycles. The second kappa shape index (κ2) is 5.29. The predicted molar refractivity (Wildman–Crippen MR) is 80.8 cm³/mol. The van der Waals surface area contributed by atoms with Gasteiger partial charge in [-0.1, -0.05) is 18.2 Å². The number of rotatable bonds is 1. The van der Waals surface area contributed by atoms with Gasteiger partial charge >= 0.3 is 0 Å². The molecule has 1 aliphatic rings. The largest absolute Gasteiger partial charge is 0.323 e. The van der Waals surface area contributed by atoms with Crippen LogP contribution in [0.15, 0.2) is 46.9 Å². The summed E-state index contributed by atoms with van der Waals surface area (Å²) >= 11 is 3.08. The first-order valence-electron chi connectivity index (χ1n) is 6.22. The molecule has 2 aromatic rings. The van der Waals surface area contributed by atoms with Gasteiger partial charge in [0.05, 0.1) is 21.4 Å². The number of amides is 2. The van der Waals surface area contributed by atoms with Crippen LogP contribution in [0.1, 0.15) is 10.4 Å². The molecule has 0 spiro atoms. The van der Waals surface area contributed by atoms with Crippen molar-refractivity contribution in [3.8, 4) is 0 Å². The van der Waals surface area contributed by atoms with Crippen LogP contribution in [0, 0.1) is 5.82 Å². The van der Waals surface area contributed by atoms with Crippen LogP contribution in [0.3, 0.4) is 0 Å². The number of para-hydroxylation sites is 2. The third kappa shape index (κ3) is 2.42. The number of nitrogens with zero attached hydrogens (tertiary/aromatic N) is 1. The van der Waals surface area contributed by atoms with E-state index < -0.39 is 11.7 Å². The Hall–Kier alpha value is -2.21. The van der Waals surface area contributed by atoms with E-state index in [4.69, 9.17) is 0 Å². The minimum atomic E-state index is -0.518. The third-order valence-corrected chi connectivity index (χ3v) is 4.00. The van der Waals surface area contributed by atoms with E-state index in [1.807, 2.05) is 0 Å². The lowest BCUT2D eigenvalue weighted by Crippen LogP contribution is -2.42. The van der Waals surface area contributed by atoms with Gasteiger partial charge in [0, 0.05) is 0 Å². The maximum Gasteiger partial charge on any atom is 0.260 e. The molecule has 0 fully saturated rings. The van der Waals surface area contributed by atoms with Crippen LogP contribution in [-0.2, 0) is 4.79 Å². The van der Waals surface area contributed by atoms with Gasteiger partial charge in [-0.25, -0.2) is 4.39 Å². The van der Waals surface area contributed by atoms with E-state index >= 15 is 0 Å². The van der Waals surface area contributed by atoms with Crippen molar-refractivity contribution in [3.05, 3.63) is 58.3 Å². The van der Waals surface area contributed by atoms with Crippen molar-refractivity contribution >= 4 is 39.1 Å². The molecule has 0 aromatic heterocycles. The van der Waals surface area contributed by atoms with Crippen molar-refractivity contribution in [2.45, 2.75) is 0 Å². The highest BCUT2D eigenvalue weighted by atomic mass is 79.9. The fourth-order valence-corrected chi connectivity index (χ4v) is 2.66. The average Bonchev–Trinajstić information content (AvgIpc) is 2.48. The van der Waals surface area contributed by atoms with E-state index in [-0.39, 0.29) is 22.5 Å². The first-order chi connectivity index (χ1) is 10.1. The van der Waals surface area contributed by atoms with Gasteiger partial charge in [-0.3, -0.25) is 14.5 Å². The smallest absolute Gasteiger partial charge is 0.260 e. The van der Waals surface area contributed by atoms with Crippen molar-refractivity contribution in [3.63, 3.8) is 0 Å². The molecule has 0 saturated carbocycles. The van der Waals surface area contributed by atoms with Crippen LogP contribution in [-0.4, -0.2) is 18.4 Å². The molecule has 6 heteroatoms. The number of carbonyl (C=O) groups excluding carboxylic acids is 2. The van der Waals surface area contributed by atoms with Gasteiger partial charge < -0.3 is 5.32 Å². The van der Waals surface area contributed by atoms with Crippen LogP contribution in [0.4, 0.5) is 15.8 Å². The van der Waals surface area contributed by atoms with Gasteiger partial charge in [-0.2, -0.15) is 0 Å². The zero-order chi connectivity index (χ0) is 15.0. The number of hydrogen-bond donors (Lipinski definition) is 1. The fourth-order valence-electron chi connectivity index (χ4n) is 2.23. The lowest BCUT2D eigenvalue weighted by atomic mass is 10.1. The van der Waals surface area contributed by atoms with E-state index in [1.165, 1.54) is 23.1 Å². The number of fused-ring (bicyclic) bond motifs is 1. The van der Waals surface area contributed by atoms with Crippen molar-refractivity contribution in [1.82, 2.24) is 0 Å². The first-order valence-corrected chi connectivity index (χ1v) is 7.02. The molecule has 1 heterocycles. The minimum absolute atomic E-state index is 0.0958. The van der Waals surface area contributed by atoms with Gasteiger partial charge in [0.1, 0.15) is 12.4 Å². The zero-order valence-corrected chi connectivity index (χ0v) is 12.4. The number of benzene rings is 2. The Morgan fingerprint density at radius 3 is 2.76 bits per heavy atom. The normalized spacial score (nSPS) is 13.6. The summed E-state index contributed by atoms with van der Waals surface area (Å²) in [5, 5.41) is 2.70. The Balaban J connectivity index is 2.06. The standard InChI is InChI=1S/C15H10BrFN2O2/c16-14-9(4-3-5-10(14)17)15(21)19-8-13(20)18-11-6-1-2-7-12(11)19/h1-7H,8H2,(H,18,20). The topological polar surface area (TPSA) is 49.4 Å². The molecule has 0 aliphatic carbocycles. The molecule has 3 rings (SSSR count). The number of halogens is 2. The molecule has 2 amide bonds. The van der Waals surface area contributed by atoms with Crippen molar-refractivity contribution in [1.29, 1.82) is 0 Å². The van der Waals surface area contributed by atoms with Gasteiger partial charge in [-0.15, -0.1) is 0 Å². The molecule has 0 radical (unpaired) electrons. The monoisotopic (exact) mass is 348 g/mol. The van der Waals surface area contributed by atoms with Gasteiger partial charge in [0.15, 0.2) is 0 Å². The molecule has 0 saturated heterocycles. The molecule has 106 valence electrons. The van der Waals surface area contributed by atoms with Gasteiger partial charge in [0.25, 0.3) is 5.91 Å². The predicted octanol–water partition coefficient (Wildman–Crippen LogP) is 3.19. The maximum atomic E-state index is 13.6. The number of hydrogen-bond acceptors (Lipinski definition) is 2. The SMILES string of the molecule is O=C1CN(C(=O)c2cccc(F)c2Br)c2ccccc2N1. The first kappa shape index (κ1) is 13.8. The quantitative estimate of drug-likeness (QED) is 0.860. The summed E-state index contributed by atoms with van der Waals surface area (Å²) in [6.07, 6.45) is 0. The molecule has 4 nitrogen and oxygen atoms in total. The second-order valence-corrected chi connectivity index (χ2v) is 5.35. The Labute approximate surface area is 128 Å². The molecule has 0 unspecified atom stereocenters. The summed E-state index contributed by atoms with van der Waals surface area (Å²) in [6.45, 7) is -0.0984. The highest BCUT2D eigenvalue weighted by Crippen LogP contribution is 2.31. The Kier molecular flexibility index (Phi) is 3.47. The summed E-state index contributed by atoms with van der Waals surface area (Å²) < 4.78 is 13.7. The summed E-state index contributed by atoms with van der Waals surface area (Å²) in [5.74, 6) is -1.23. The maximum absolute atomic E-state index is 13.6. The molecule has 21 heavy (non-hydrogen) atoms. The summed E-state index contributed by atoms with van der Waals surface area (Å²) in [5.41, 5.74) is 1.34. The summed E-state index contributed by atoms with van der Waals surface area (Å²) in [7, 11) is 0. The van der Waals surface area contributed by atoms with E-state index in [2.05, 4.69) is 21.2 Å². The van der Waals surface area contributed by atoms with Crippen LogP contribution in [0.25, 0.3) is 0 Å². The lowest BCUT2D eigenvalue weighted by molar-refractivity contribution is -0.115. The van der Waals surface area contributed by atoms with Crippen molar-refractivity contribution in [2.75, 3.05) is 16.8 Å². The average molecular weight is 349 g/mol. The molecule has 1 N–H and O–H groups in total. The van der Waals surface area contributed by atoms with E-state index in [0.29, 0.717) is 11.4 Å². The van der Waals surface area contributed by atoms with Gasteiger partial charge in [0.2, 0.25) is 5.91 Å². The van der Waals surface area contributed by atoms with Crippen LogP contribution in [0.2, 0.25) is 0 Å². The number of anilines is 2. The molecule has 0 bridgehead atoms. The highest BCUT2D eigenvalue weighted by molar-refractivity contribution is 9.10. The molecular formula is C15H10BrFN2O2. The summed E-state index contributed by atoms with van der Waals surface area (Å²) in [6, 6.07) is 11.2. The number of carbonyl (C=O) groups is 2. The Morgan fingerprint density at radius 1 is 1.19 bits per heavy atom. The van der Waals surface area contributed by atoms with Crippen LogP contribution < -0.4 is 10.2 Å². The zero-order valence-electron chi connectivity index (χ0n) is 10.8. The lowest BCUT2D eigenvalue weighted by Gasteiger charge is -2.29. The highest BCUT2D eigenvalue weighted by Gasteiger charge is 2.28. The molecule has 0 atom stereocenters. The van der Waals surface area contributed by atoms with E-state index in [1.54, 1.807) is 24.3 Å². The van der Waals surface area contributed by atoms with Crippen molar-refractivity contribution in [2.24, 2.45) is 0 Å². The molecule has 1 aliphatic heterocycles. The van der Waals surface area contributed by atoms with Crippen LogP contribution >= 0.6 is 15.9 Å². The minimum Gasteiger partial charge on any atom is -0.323 e. The fraction of sp³-hybridized carbons (Fsp3) is 0.0667. The molecular weight excluding hydrogens is 339 g/mol. The third-order valence-electron chi connectivity index (χ3n) is 3.20. The van der Waals surface area contributed by atoms with E-state index in [0.717, 1.165) is 0 Å². The second-order valence-electron chi connectivity index (χ2n) is 4.56. The Bertz CT molecular complexity index is 748. The van der Waals surface area contributed by atoms with Crippen molar-refractivity contribution < 1.29 is 14.0 Å². The summed E-state index contributed by atoms with van der Waals surface area (Å²) in [4.78, 5) is 25.7. The Morgan fingerprint density at radius 2 is 1.95 bits per heavy atom. The number of nitrogens with one attached hydrogen (secondary N) is 1. The van der Waals surface area contributed by atoms with Gasteiger partial charge in [-0.05, 0) is 40.2 Å². The van der Waals surface area contributed by atoms with E-state index in [9.17, 15) is 14.0 Å². The van der Waals surface area contributed by atoms with Crippen LogP contribution in [0.5, 0.6) is 0 Å².